The molecule has 1 aromatic rings. The number of alkyl halides is 2. The third-order valence-corrected chi connectivity index (χ3v) is 11.1. The van der Waals surface area contributed by atoms with Gasteiger partial charge in [-0.2, -0.15) is 26.2 Å². The van der Waals surface area contributed by atoms with E-state index in [4.69, 9.17) is 9.47 Å². The number of nitrogens with one attached hydrogen (secondary N) is 4. The molecule has 3 atom stereocenters. The highest BCUT2D eigenvalue weighted by Crippen LogP contribution is 2.29. The summed E-state index contributed by atoms with van der Waals surface area (Å²) in [5.74, 6) is -11.5. The first-order chi connectivity index (χ1) is 24.8. The number of rotatable bonds is 18. The SMILES string of the molecule is CC(=O)[C@H](NC(=O)[C@H](Cc1ccccc1)NS(=O)(=O)N1CCOCC1)C(=O)N[C@@H](CC1CCCCC1)C(=O)C(F)(F)C(=O)NCCN1CCOCC1. The molecule has 0 radical (unpaired) electrons. The zero-order chi connectivity index (χ0) is 37.7. The first kappa shape index (κ1) is 41.3. The average molecular weight is 757 g/mol. The predicted octanol–water partition coefficient (Wildman–Crippen LogP) is -0.0539. The van der Waals surface area contributed by atoms with Crippen molar-refractivity contribution in [2.24, 2.45) is 5.92 Å². The molecule has 0 aromatic heterocycles. The summed E-state index contributed by atoms with van der Waals surface area (Å²) < 4.78 is 71.3. The zero-order valence-electron chi connectivity index (χ0n) is 29.4. The Labute approximate surface area is 303 Å². The van der Waals surface area contributed by atoms with E-state index < -0.39 is 63.5 Å². The molecule has 3 amide bonds. The maximum Gasteiger partial charge on any atom is 0.383 e. The van der Waals surface area contributed by atoms with E-state index in [2.05, 4.69) is 20.7 Å². The van der Waals surface area contributed by atoms with Crippen molar-refractivity contribution in [1.29, 1.82) is 0 Å². The molecule has 4 N–H and O–H groups in total. The lowest BCUT2D eigenvalue weighted by Gasteiger charge is -2.30. The van der Waals surface area contributed by atoms with E-state index in [0.717, 1.165) is 30.5 Å². The fraction of sp³-hybridized carbons (Fsp3) is 0.676. The molecule has 15 nitrogen and oxygen atoms in total. The van der Waals surface area contributed by atoms with Crippen LogP contribution in [0.3, 0.4) is 0 Å². The summed E-state index contributed by atoms with van der Waals surface area (Å²) in [7, 11) is -4.23. The normalized spacial score (nSPS) is 19.9. The maximum absolute atomic E-state index is 15.5. The molecule has 2 heterocycles. The van der Waals surface area contributed by atoms with Gasteiger partial charge < -0.3 is 25.4 Å². The molecule has 0 spiro atoms. The van der Waals surface area contributed by atoms with Crippen molar-refractivity contribution in [3.05, 3.63) is 35.9 Å². The van der Waals surface area contributed by atoms with E-state index in [9.17, 15) is 32.4 Å². The molecule has 1 saturated carbocycles. The van der Waals surface area contributed by atoms with Crippen LogP contribution < -0.4 is 20.7 Å². The number of halogens is 2. The molecule has 2 saturated heterocycles. The van der Waals surface area contributed by atoms with Gasteiger partial charge in [0.2, 0.25) is 11.7 Å². The minimum atomic E-state index is -4.51. The highest BCUT2D eigenvalue weighted by atomic mass is 32.2. The number of nitrogens with zero attached hydrogens (tertiary/aromatic N) is 2. The van der Waals surface area contributed by atoms with Crippen LogP contribution in [0.5, 0.6) is 0 Å². The Morgan fingerprint density at radius 1 is 0.865 bits per heavy atom. The van der Waals surface area contributed by atoms with E-state index >= 15 is 8.78 Å². The first-order valence-corrected chi connectivity index (χ1v) is 19.2. The van der Waals surface area contributed by atoms with Crippen LogP contribution in [0.2, 0.25) is 0 Å². The van der Waals surface area contributed by atoms with Gasteiger partial charge in [-0.25, -0.2) is 0 Å². The smallest absolute Gasteiger partial charge is 0.379 e. The van der Waals surface area contributed by atoms with E-state index in [1.165, 1.54) is 0 Å². The number of ether oxygens (including phenoxy) is 2. The Kier molecular flexibility index (Phi) is 15.6. The number of ketones is 2. The van der Waals surface area contributed by atoms with Crippen LogP contribution in [0.15, 0.2) is 30.3 Å². The Morgan fingerprint density at radius 2 is 1.48 bits per heavy atom. The second-order valence-corrected chi connectivity index (χ2v) is 15.1. The highest BCUT2D eigenvalue weighted by Gasteiger charge is 2.51. The van der Waals surface area contributed by atoms with Crippen LogP contribution in [0.1, 0.15) is 51.0 Å². The molecular formula is C34H50F2N6O9S. The number of benzene rings is 1. The van der Waals surface area contributed by atoms with Gasteiger partial charge in [0.25, 0.3) is 22.0 Å². The minimum absolute atomic E-state index is 0.0421. The van der Waals surface area contributed by atoms with Crippen LogP contribution in [-0.4, -0.2) is 137 Å². The standard InChI is InChI=1S/C34H50F2N6O9S/c1-24(43)29(39-31(45)28(23-26-10-6-3-7-11-26)40-52(48,49)42-16-20-51-21-17-42)32(46)38-27(22-25-8-4-2-5-9-25)30(44)34(35,36)33(47)37-12-13-41-14-18-50-19-15-41/h3,6-7,10-11,25,27-29,40H,2,4-5,8-9,12-23H2,1H3,(H,37,47)(H,38,46)(H,39,45)/t27-,28-,29-/m0/s1. The number of carbonyl (C=O) groups excluding carboxylic acids is 5. The number of hydrogen-bond donors (Lipinski definition) is 4. The van der Waals surface area contributed by atoms with Crippen molar-refractivity contribution in [3.8, 4) is 0 Å². The molecule has 290 valence electrons. The molecule has 2 aliphatic heterocycles. The summed E-state index contributed by atoms with van der Waals surface area (Å²) in [6.07, 6.45) is 3.41. The molecule has 0 bridgehead atoms. The predicted molar refractivity (Wildman–Crippen MR) is 184 cm³/mol. The Balaban J connectivity index is 1.49. The van der Waals surface area contributed by atoms with Gasteiger partial charge >= 0.3 is 5.92 Å². The van der Waals surface area contributed by atoms with Gasteiger partial charge in [-0.3, -0.25) is 28.9 Å². The molecule has 3 fully saturated rings. The third kappa shape index (κ3) is 12.1. The number of Topliss-reactive ketones (excluding diaryl/α,β-unsaturated/α-hetero) is 2. The van der Waals surface area contributed by atoms with E-state index in [1.807, 2.05) is 4.90 Å². The number of amides is 3. The molecule has 3 aliphatic rings. The topological polar surface area (TPSA) is 193 Å². The van der Waals surface area contributed by atoms with Crippen LogP contribution in [-0.2, 0) is 50.1 Å². The molecule has 1 aromatic carbocycles. The van der Waals surface area contributed by atoms with Crippen LogP contribution in [0, 0.1) is 5.92 Å². The minimum Gasteiger partial charge on any atom is -0.379 e. The lowest BCUT2D eigenvalue weighted by Crippen LogP contribution is -2.61. The largest absolute Gasteiger partial charge is 0.383 e. The summed E-state index contributed by atoms with van der Waals surface area (Å²) >= 11 is 0. The van der Waals surface area contributed by atoms with Crippen LogP contribution in [0.25, 0.3) is 0 Å². The molecular weight excluding hydrogens is 706 g/mol. The second kappa shape index (κ2) is 19.6. The van der Waals surface area contributed by atoms with Gasteiger partial charge in [-0.15, -0.1) is 0 Å². The van der Waals surface area contributed by atoms with Crippen molar-refractivity contribution in [3.63, 3.8) is 0 Å². The quantitative estimate of drug-likeness (QED) is 0.148. The summed E-state index contributed by atoms with van der Waals surface area (Å²) in [6.45, 7) is 3.61. The van der Waals surface area contributed by atoms with Gasteiger partial charge in [0.1, 0.15) is 6.04 Å². The lowest BCUT2D eigenvalue weighted by molar-refractivity contribution is -0.161. The summed E-state index contributed by atoms with van der Waals surface area (Å²) in [4.78, 5) is 68.0. The van der Waals surface area contributed by atoms with Crippen molar-refractivity contribution in [2.45, 2.75) is 75.9 Å². The monoisotopic (exact) mass is 756 g/mol. The fourth-order valence-corrected chi connectivity index (χ4v) is 7.84. The van der Waals surface area contributed by atoms with E-state index in [-0.39, 0.29) is 58.2 Å². The fourth-order valence-electron chi connectivity index (χ4n) is 6.51. The van der Waals surface area contributed by atoms with Crippen molar-refractivity contribution < 1.29 is 50.6 Å². The average Bonchev–Trinajstić information content (AvgIpc) is 3.14. The summed E-state index contributed by atoms with van der Waals surface area (Å²) in [5, 5.41) is 6.63. The Hall–Kier alpha value is -3.42. The van der Waals surface area contributed by atoms with Gasteiger partial charge in [0.15, 0.2) is 11.8 Å². The van der Waals surface area contributed by atoms with Crippen molar-refractivity contribution in [2.75, 3.05) is 65.7 Å². The first-order valence-electron chi connectivity index (χ1n) is 17.8. The van der Waals surface area contributed by atoms with E-state index in [0.29, 0.717) is 44.7 Å². The number of carbonyl (C=O) groups is 5. The van der Waals surface area contributed by atoms with Crippen molar-refractivity contribution in [1.82, 2.24) is 29.9 Å². The van der Waals surface area contributed by atoms with Crippen LogP contribution >= 0.6 is 0 Å². The maximum atomic E-state index is 15.5. The number of hydrogen-bond acceptors (Lipinski definition) is 10. The Morgan fingerprint density at radius 3 is 2.10 bits per heavy atom. The highest BCUT2D eigenvalue weighted by molar-refractivity contribution is 7.87. The molecule has 4 rings (SSSR count). The second-order valence-electron chi connectivity index (χ2n) is 13.4. The molecule has 0 unspecified atom stereocenters. The summed E-state index contributed by atoms with van der Waals surface area (Å²) in [5.41, 5.74) is 0.569. The van der Waals surface area contributed by atoms with Crippen molar-refractivity contribution >= 4 is 39.5 Å². The number of morpholine rings is 2. The molecule has 1 aliphatic carbocycles. The van der Waals surface area contributed by atoms with Gasteiger partial charge in [0.05, 0.1) is 32.5 Å². The molecule has 18 heteroatoms. The van der Waals surface area contributed by atoms with Gasteiger partial charge in [-0.1, -0.05) is 62.4 Å². The van der Waals surface area contributed by atoms with Gasteiger partial charge in [-0.05, 0) is 31.2 Å². The van der Waals surface area contributed by atoms with Gasteiger partial charge in [0, 0.05) is 39.3 Å². The van der Waals surface area contributed by atoms with Crippen LogP contribution in [0.4, 0.5) is 8.78 Å². The van der Waals surface area contributed by atoms with E-state index in [1.54, 1.807) is 30.3 Å². The third-order valence-electron chi connectivity index (χ3n) is 9.49. The zero-order valence-corrected chi connectivity index (χ0v) is 30.3. The Bertz CT molecular complexity index is 1490. The summed E-state index contributed by atoms with van der Waals surface area (Å²) in [6, 6.07) is 3.14. The molecule has 52 heavy (non-hydrogen) atoms. The lowest BCUT2D eigenvalue weighted by atomic mass is 9.83.